The summed E-state index contributed by atoms with van der Waals surface area (Å²) in [5.41, 5.74) is 0.0412. The van der Waals surface area contributed by atoms with Gasteiger partial charge in [-0.15, -0.1) is 0 Å². The minimum absolute atomic E-state index is 0.0320. The van der Waals surface area contributed by atoms with Gasteiger partial charge in [0, 0.05) is 13.3 Å². The maximum atomic E-state index is 12.7. The van der Waals surface area contributed by atoms with E-state index in [2.05, 4.69) is 0 Å². The molecule has 2 rings (SSSR count). The van der Waals surface area contributed by atoms with E-state index in [1.54, 1.807) is 0 Å². The monoisotopic (exact) mass is 343 g/mol. The Kier molecular flexibility index (Phi) is 4.57. The normalized spacial score (nSPS) is 17.2. The second-order valence-electron chi connectivity index (χ2n) is 6.12. The summed E-state index contributed by atoms with van der Waals surface area (Å²) in [5, 5.41) is 9.02. The number of hydrogen-bond acceptors (Lipinski definition) is 5. The Morgan fingerprint density at radius 3 is 2.35 bits per heavy atom. The van der Waals surface area contributed by atoms with Gasteiger partial charge in [-0.05, 0) is 25.8 Å². The van der Waals surface area contributed by atoms with Crippen LogP contribution in [0.1, 0.15) is 47.6 Å². The first kappa shape index (κ1) is 17.5. The lowest BCUT2D eigenvalue weighted by molar-refractivity contribution is -0.133. The van der Waals surface area contributed by atoms with Gasteiger partial charge in [0.05, 0.1) is 6.54 Å². The molecule has 1 saturated carbocycles. The Bertz CT molecular complexity index is 727. The van der Waals surface area contributed by atoms with Crippen molar-refractivity contribution in [2.75, 3.05) is 13.3 Å². The zero-order chi connectivity index (χ0) is 17.4. The fourth-order valence-corrected chi connectivity index (χ4v) is 4.68. The van der Waals surface area contributed by atoms with Gasteiger partial charge in [0.25, 0.3) is 0 Å². The maximum absolute atomic E-state index is 12.7. The topological polar surface area (TPSA) is 105 Å². The number of sulfone groups is 1. The van der Waals surface area contributed by atoms with Crippen LogP contribution < -0.4 is 0 Å². The van der Waals surface area contributed by atoms with Crippen molar-refractivity contribution in [3.63, 3.8) is 0 Å². The molecule has 1 heterocycles. The molecule has 1 aromatic rings. The van der Waals surface area contributed by atoms with Gasteiger partial charge in [-0.25, -0.2) is 13.2 Å². The predicted molar refractivity (Wildman–Crippen MR) is 82.9 cm³/mol. The number of furan rings is 1. The number of amides is 1. The van der Waals surface area contributed by atoms with Crippen LogP contribution in [-0.2, 0) is 21.2 Å². The average Bonchev–Trinajstić information content (AvgIpc) is 3.04. The highest BCUT2D eigenvalue weighted by molar-refractivity contribution is 7.92. The van der Waals surface area contributed by atoms with Crippen molar-refractivity contribution in [1.29, 1.82) is 0 Å². The van der Waals surface area contributed by atoms with E-state index in [9.17, 15) is 18.0 Å². The molecule has 1 N–H and O–H groups in total. The van der Waals surface area contributed by atoms with E-state index >= 15 is 0 Å². The highest BCUT2D eigenvalue weighted by Crippen LogP contribution is 2.38. The molecule has 128 valence electrons. The summed E-state index contributed by atoms with van der Waals surface area (Å²) >= 11 is 0. The maximum Gasteiger partial charge on any atom is 0.339 e. The molecule has 1 amide bonds. The second kappa shape index (κ2) is 5.99. The van der Waals surface area contributed by atoms with Gasteiger partial charge in [-0.2, -0.15) is 0 Å². The van der Waals surface area contributed by atoms with E-state index in [4.69, 9.17) is 9.52 Å². The lowest BCUT2D eigenvalue weighted by atomic mass is 10.1. The van der Waals surface area contributed by atoms with Crippen molar-refractivity contribution in [2.45, 2.75) is 43.9 Å². The minimum atomic E-state index is -3.53. The van der Waals surface area contributed by atoms with Crippen LogP contribution in [0.25, 0.3) is 0 Å². The molecule has 7 nitrogen and oxygen atoms in total. The van der Waals surface area contributed by atoms with Gasteiger partial charge in [0.15, 0.2) is 14.6 Å². The molecule has 1 aliphatic carbocycles. The lowest BCUT2D eigenvalue weighted by Gasteiger charge is -2.30. The first-order chi connectivity index (χ1) is 10.6. The molecule has 0 radical (unpaired) electrons. The van der Waals surface area contributed by atoms with Gasteiger partial charge in [-0.3, -0.25) is 4.79 Å². The first-order valence-electron chi connectivity index (χ1n) is 7.36. The fourth-order valence-electron chi connectivity index (χ4n) is 3.18. The summed E-state index contributed by atoms with van der Waals surface area (Å²) in [7, 11) is -2.03. The van der Waals surface area contributed by atoms with Crippen LogP contribution in [0.4, 0.5) is 0 Å². The largest absolute Gasteiger partial charge is 0.478 e. The van der Waals surface area contributed by atoms with E-state index in [1.165, 1.54) is 24.9 Å². The summed E-state index contributed by atoms with van der Waals surface area (Å²) in [6.07, 6.45) is 3.16. The Hall–Kier alpha value is -1.83. The number of rotatable bonds is 5. The minimum Gasteiger partial charge on any atom is -0.478 e. The molecule has 8 heteroatoms. The van der Waals surface area contributed by atoms with E-state index in [1.807, 2.05) is 0 Å². The van der Waals surface area contributed by atoms with Crippen molar-refractivity contribution < 1.29 is 27.5 Å². The molecule has 0 atom stereocenters. The summed E-state index contributed by atoms with van der Waals surface area (Å²) < 4.78 is 28.3. The first-order valence-corrected chi connectivity index (χ1v) is 9.25. The van der Waals surface area contributed by atoms with Crippen molar-refractivity contribution >= 4 is 21.7 Å². The third kappa shape index (κ3) is 3.12. The van der Waals surface area contributed by atoms with Gasteiger partial charge in [0.2, 0.25) is 5.91 Å². The highest BCUT2D eigenvalue weighted by Gasteiger charge is 2.51. The van der Waals surface area contributed by atoms with E-state index in [0.29, 0.717) is 31.4 Å². The van der Waals surface area contributed by atoms with Gasteiger partial charge >= 0.3 is 5.97 Å². The number of carbonyl (C=O) groups is 2. The van der Waals surface area contributed by atoms with Crippen LogP contribution in [0.3, 0.4) is 0 Å². The Morgan fingerprint density at radius 1 is 1.35 bits per heavy atom. The van der Waals surface area contributed by atoms with Gasteiger partial charge in [0.1, 0.15) is 17.1 Å². The summed E-state index contributed by atoms with van der Waals surface area (Å²) in [6, 6.07) is 1.36. The number of carbonyl (C=O) groups excluding carboxylic acids is 1. The summed E-state index contributed by atoms with van der Waals surface area (Å²) in [4.78, 5) is 25.1. The molecule has 0 bridgehead atoms. The van der Waals surface area contributed by atoms with Crippen LogP contribution in [0.2, 0.25) is 0 Å². The van der Waals surface area contributed by atoms with Crippen molar-refractivity contribution in [3.05, 3.63) is 23.2 Å². The van der Waals surface area contributed by atoms with Crippen LogP contribution in [0, 0.1) is 6.92 Å². The standard InChI is InChI=1S/C15H21NO6S/c1-10-12(13(17)18)8-11(22-10)9-16(2)14(19)15(23(3,20)21)6-4-5-7-15/h8H,4-7,9H2,1-3H3,(H,17,18). The van der Waals surface area contributed by atoms with Crippen molar-refractivity contribution in [3.8, 4) is 0 Å². The molecule has 0 unspecified atom stereocenters. The van der Waals surface area contributed by atoms with Crippen molar-refractivity contribution in [2.24, 2.45) is 0 Å². The predicted octanol–water partition coefficient (Wildman–Crippen LogP) is 1.60. The van der Waals surface area contributed by atoms with Gasteiger partial charge in [-0.1, -0.05) is 12.8 Å². The van der Waals surface area contributed by atoms with E-state index < -0.39 is 26.5 Å². The smallest absolute Gasteiger partial charge is 0.339 e. The molecular weight excluding hydrogens is 322 g/mol. The number of hydrogen-bond donors (Lipinski definition) is 1. The summed E-state index contributed by atoms with van der Waals surface area (Å²) in [5.74, 6) is -0.984. The van der Waals surface area contributed by atoms with Crippen LogP contribution in [0.15, 0.2) is 10.5 Å². The van der Waals surface area contributed by atoms with E-state index in [0.717, 1.165) is 6.26 Å². The molecule has 0 saturated heterocycles. The third-order valence-corrected chi connectivity index (χ3v) is 6.45. The number of aryl methyl sites for hydroxylation is 1. The van der Waals surface area contributed by atoms with Crippen LogP contribution in [-0.4, -0.2) is 48.4 Å². The number of aromatic carboxylic acids is 1. The molecule has 1 fully saturated rings. The molecule has 0 aromatic carbocycles. The Morgan fingerprint density at radius 2 is 1.91 bits per heavy atom. The lowest BCUT2D eigenvalue weighted by Crippen LogP contribution is -2.50. The second-order valence-corrected chi connectivity index (χ2v) is 8.45. The zero-order valence-corrected chi connectivity index (χ0v) is 14.3. The zero-order valence-electron chi connectivity index (χ0n) is 13.5. The molecule has 23 heavy (non-hydrogen) atoms. The highest BCUT2D eigenvalue weighted by atomic mass is 32.2. The molecule has 0 aliphatic heterocycles. The third-order valence-electron chi connectivity index (χ3n) is 4.45. The summed E-state index contributed by atoms with van der Waals surface area (Å²) in [6.45, 7) is 1.56. The van der Waals surface area contributed by atoms with Crippen LogP contribution >= 0.6 is 0 Å². The molecular formula is C15H21NO6S. The molecule has 1 aliphatic rings. The van der Waals surface area contributed by atoms with Crippen molar-refractivity contribution in [1.82, 2.24) is 4.90 Å². The number of nitrogens with zero attached hydrogens (tertiary/aromatic N) is 1. The quantitative estimate of drug-likeness (QED) is 0.870. The Balaban J connectivity index is 2.23. The van der Waals surface area contributed by atoms with E-state index in [-0.39, 0.29) is 17.9 Å². The SMILES string of the molecule is Cc1oc(CN(C)C(=O)C2(S(C)(=O)=O)CCCC2)cc1C(=O)O. The average molecular weight is 343 g/mol. The van der Waals surface area contributed by atoms with Crippen LogP contribution in [0.5, 0.6) is 0 Å². The number of carboxylic acids is 1. The fraction of sp³-hybridized carbons (Fsp3) is 0.600. The number of carboxylic acid groups (broad SMARTS) is 1. The molecule has 1 aromatic heterocycles. The molecule has 0 spiro atoms. The Labute approximate surface area is 135 Å². The van der Waals surface area contributed by atoms with Gasteiger partial charge < -0.3 is 14.4 Å².